The number of piperidine rings is 1. The van der Waals surface area contributed by atoms with Gasteiger partial charge in [-0.05, 0) is 44.7 Å². The Hall–Kier alpha value is -2.38. The number of fused-ring (bicyclic) bond motifs is 1. The van der Waals surface area contributed by atoms with Gasteiger partial charge in [0.1, 0.15) is 0 Å². The molecule has 1 saturated heterocycles. The first-order valence-electron chi connectivity index (χ1n) is 9.72. The third kappa shape index (κ3) is 3.52. The van der Waals surface area contributed by atoms with Gasteiger partial charge in [0.2, 0.25) is 5.95 Å². The normalized spacial score (nSPS) is 19.2. The quantitative estimate of drug-likeness (QED) is 0.693. The van der Waals surface area contributed by atoms with E-state index >= 15 is 0 Å². The minimum absolute atomic E-state index is 0.540. The summed E-state index contributed by atoms with van der Waals surface area (Å²) in [5.41, 5.74) is 2.09. The van der Waals surface area contributed by atoms with Crippen LogP contribution in [0.3, 0.4) is 0 Å². The zero-order valence-electron chi connectivity index (χ0n) is 15.8. The lowest BCUT2D eigenvalue weighted by molar-refractivity contribution is 0.0351. The number of benzene rings is 1. The van der Waals surface area contributed by atoms with E-state index in [2.05, 4.69) is 25.3 Å². The Bertz CT molecular complexity index is 1020. The molecule has 0 bridgehead atoms. The van der Waals surface area contributed by atoms with Gasteiger partial charge in [-0.2, -0.15) is 5.10 Å². The van der Waals surface area contributed by atoms with Crippen molar-refractivity contribution in [1.82, 2.24) is 19.7 Å². The van der Waals surface area contributed by atoms with Gasteiger partial charge in [-0.1, -0.05) is 11.6 Å². The molecule has 0 amide bonds. The van der Waals surface area contributed by atoms with E-state index in [4.69, 9.17) is 11.6 Å². The highest BCUT2D eigenvalue weighted by Gasteiger charge is 2.28. The molecule has 2 aliphatic rings. The second-order valence-corrected chi connectivity index (χ2v) is 8.51. The summed E-state index contributed by atoms with van der Waals surface area (Å²) < 4.78 is 1.99. The molecule has 7 nitrogen and oxygen atoms in total. The van der Waals surface area contributed by atoms with Gasteiger partial charge in [0.15, 0.2) is 0 Å². The van der Waals surface area contributed by atoms with Crippen molar-refractivity contribution in [3.8, 4) is 0 Å². The number of nitrogens with zero attached hydrogens (tertiary/aromatic N) is 5. The Morgan fingerprint density at radius 3 is 2.75 bits per heavy atom. The Balaban J connectivity index is 1.40. The number of nitrogens with one attached hydrogen (secondary N) is 1. The lowest BCUT2D eigenvalue weighted by Gasteiger charge is -2.37. The Morgan fingerprint density at radius 2 is 2.00 bits per heavy atom. The highest BCUT2D eigenvalue weighted by Crippen LogP contribution is 2.35. The molecule has 2 N–H and O–H groups in total. The summed E-state index contributed by atoms with van der Waals surface area (Å²) in [6.45, 7) is 3.44. The highest BCUT2D eigenvalue weighted by atomic mass is 35.5. The molecule has 1 aliphatic carbocycles. The fourth-order valence-corrected chi connectivity index (χ4v) is 3.93. The molecular weight excluding hydrogens is 376 g/mol. The first kappa shape index (κ1) is 17.7. The summed E-state index contributed by atoms with van der Waals surface area (Å²) in [7, 11) is 0. The van der Waals surface area contributed by atoms with Gasteiger partial charge >= 0.3 is 0 Å². The molecule has 3 aromatic rings. The largest absolute Gasteiger partial charge is 0.390 e. The van der Waals surface area contributed by atoms with E-state index in [-0.39, 0.29) is 0 Å². The van der Waals surface area contributed by atoms with Crippen LogP contribution in [0.4, 0.5) is 17.3 Å². The van der Waals surface area contributed by atoms with Gasteiger partial charge in [0, 0.05) is 30.9 Å². The van der Waals surface area contributed by atoms with E-state index in [0.717, 1.165) is 48.2 Å². The number of halogens is 1. The first-order valence-corrected chi connectivity index (χ1v) is 10.1. The predicted octanol–water partition coefficient (Wildman–Crippen LogP) is 3.91. The van der Waals surface area contributed by atoms with Crippen LogP contribution in [0, 0.1) is 0 Å². The fourth-order valence-electron chi connectivity index (χ4n) is 3.64. The zero-order valence-corrected chi connectivity index (χ0v) is 16.5. The minimum atomic E-state index is -0.593. The van der Waals surface area contributed by atoms with E-state index in [1.807, 2.05) is 29.9 Å². The number of aromatic nitrogens is 4. The van der Waals surface area contributed by atoms with E-state index in [0.29, 0.717) is 17.0 Å². The highest BCUT2D eigenvalue weighted by molar-refractivity contribution is 6.34. The predicted molar refractivity (Wildman–Crippen MR) is 110 cm³/mol. The number of anilines is 3. The molecule has 0 unspecified atom stereocenters. The van der Waals surface area contributed by atoms with Crippen LogP contribution in [0.15, 0.2) is 30.7 Å². The molecule has 28 heavy (non-hydrogen) atoms. The van der Waals surface area contributed by atoms with Crippen molar-refractivity contribution in [3.05, 3.63) is 35.7 Å². The lowest BCUT2D eigenvalue weighted by Crippen LogP contribution is -2.42. The van der Waals surface area contributed by atoms with Crippen molar-refractivity contribution < 1.29 is 5.11 Å². The molecule has 1 aliphatic heterocycles. The van der Waals surface area contributed by atoms with Gasteiger partial charge < -0.3 is 15.3 Å². The maximum atomic E-state index is 10.2. The van der Waals surface area contributed by atoms with Gasteiger partial charge in [0.25, 0.3) is 0 Å². The fraction of sp³-hybridized carbons (Fsp3) is 0.450. The Kier molecular flexibility index (Phi) is 4.17. The molecule has 2 aromatic heterocycles. The third-order valence-corrected chi connectivity index (χ3v) is 5.91. The molecular formula is C20H23ClN6O. The maximum Gasteiger partial charge on any atom is 0.227 e. The summed E-state index contributed by atoms with van der Waals surface area (Å²) in [4.78, 5) is 11.3. The summed E-state index contributed by atoms with van der Waals surface area (Å²) >= 11 is 6.53. The van der Waals surface area contributed by atoms with Crippen LogP contribution in [0.1, 0.15) is 38.6 Å². The van der Waals surface area contributed by atoms with Crippen molar-refractivity contribution in [2.24, 2.45) is 0 Å². The summed E-state index contributed by atoms with van der Waals surface area (Å²) in [6, 6.07) is 4.47. The van der Waals surface area contributed by atoms with Crippen LogP contribution < -0.4 is 10.2 Å². The molecule has 0 spiro atoms. The van der Waals surface area contributed by atoms with Gasteiger partial charge in [-0.3, -0.25) is 4.68 Å². The monoisotopic (exact) mass is 398 g/mol. The number of hydrogen-bond donors (Lipinski definition) is 2. The standard InChI is InChI=1S/C20H23ClN6O/c1-20(28)4-6-26(7-5-20)18-9-17-13(8-16(18)21)10-22-19(25-17)24-14-11-23-27(12-14)15-2-3-15/h8-12,15,28H,2-7H2,1H3,(H,22,24,25). The second-order valence-electron chi connectivity index (χ2n) is 8.11. The van der Waals surface area contributed by atoms with Crippen molar-refractivity contribution in [1.29, 1.82) is 0 Å². The van der Waals surface area contributed by atoms with Crippen molar-refractivity contribution >= 4 is 39.8 Å². The van der Waals surface area contributed by atoms with Crippen molar-refractivity contribution in [2.75, 3.05) is 23.3 Å². The first-order chi connectivity index (χ1) is 13.5. The number of aliphatic hydroxyl groups is 1. The van der Waals surface area contributed by atoms with Crippen LogP contribution in [0.5, 0.6) is 0 Å². The molecule has 5 rings (SSSR count). The molecule has 8 heteroatoms. The number of hydrogen-bond acceptors (Lipinski definition) is 6. The van der Waals surface area contributed by atoms with Crippen molar-refractivity contribution in [2.45, 2.75) is 44.2 Å². The van der Waals surface area contributed by atoms with Crippen molar-refractivity contribution in [3.63, 3.8) is 0 Å². The molecule has 0 atom stereocenters. The van der Waals surface area contributed by atoms with Crippen LogP contribution in [0.25, 0.3) is 10.9 Å². The summed E-state index contributed by atoms with van der Waals surface area (Å²) in [5, 5.41) is 19.4. The molecule has 146 valence electrons. The smallest absolute Gasteiger partial charge is 0.227 e. The van der Waals surface area contributed by atoms with Gasteiger partial charge in [-0.15, -0.1) is 0 Å². The van der Waals surface area contributed by atoms with E-state index in [1.54, 1.807) is 12.4 Å². The summed E-state index contributed by atoms with van der Waals surface area (Å²) in [6.07, 6.45) is 9.43. The van der Waals surface area contributed by atoms with E-state index < -0.39 is 5.60 Å². The van der Waals surface area contributed by atoms with Crippen LogP contribution in [-0.4, -0.2) is 43.5 Å². The average Bonchev–Trinajstić information content (AvgIpc) is 3.41. The van der Waals surface area contributed by atoms with Gasteiger partial charge in [0.05, 0.1) is 39.8 Å². The molecule has 2 fully saturated rings. The Labute approximate surface area is 168 Å². The number of rotatable bonds is 4. The minimum Gasteiger partial charge on any atom is -0.390 e. The van der Waals surface area contributed by atoms with Crippen LogP contribution in [-0.2, 0) is 0 Å². The molecule has 0 radical (unpaired) electrons. The zero-order chi connectivity index (χ0) is 19.3. The molecule has 1 saturated carbocycles. The van der Waals surface area contributed by atoms with Gasteiger partial charge in [-0.25, -0.2) is 9.97 Å². The van der Waals surface area contributed by atoms with Crippen LogP contribution in [0.2, 0.25) is 5.02 Å². The molecule has 1 aromatic carbocycles. The SMILES string of the molecule is CC1(O)CCN(c2cc3nc(Nc4cnn(C5CC5)c4)ncc3cc2Cl)CC1. The lowest BCUT2D eigenvalue weighted by atomic mass is 9.93. The third-order valence-electron chi connectivity index (χ3n) is 5.61. The van der Waals surface area contributed by atoms with E-state index in [1.165, 1.54) is 12.8 Å². The Morgan fingerprint density at radius 1 is 1.21 bits per heavy atom. The van der Waals surface area contributed by atoms with E-state index in [9.17, 15) is 5.11 Å². The maximum absolute atomic E-state index is 10.2. The summed E-state index contributed by atoms with van der Waals surface area (Å²) in [5.74, 6) is 0.540. The molecule has 3 heterocycles. The topological polar surface area (TPSA) is 79.1 Å². The average molecular weight is 399 g/mol. The second kappa shape index (κ2) is 6.60. The van der Waals surface area contributed by atoms with Crippen LogP contribution >= 0.6 is 11.6 Å².